The zero-order valence-corrected chi connectivity index (χ0v) is 30.8. The molecule has 1 saturated heterocycles. The number of amides is 1. The van der Waals surface area contributed by atoms with Crippen molar-refractivity contribution in [2.24, 2.45) is 5.92 Å². The fraction of sp³-hybridized carbons (Fsp3) is 0.205. The molecule has 57 heavy (non-hydrogen) atoms. The van der Waals surface area contributed by atoms with Gasteiger partial charge in [-0.25, -0.2) is 9.59 Å². The largest absolute Gasteiger partial charge is 0.478 e. The molecule has 2 aromatic rings. The maximum atomic E-state index is 12.5. The molecule has 0 radical (unpaired) electrons. The summed E-state index contributed by atoms with van der Waals surface area (Å²) in [6.45, 7) is 3.75. The van der Waals surface area contributed by atoms with E-state index in [1.807, 2.05) is 36.4 Å². The zero-order valence-electron chi connectivity index (χ0n) is 30.8. The highest BCUT2D eigenvalue weighted by Crippen LogP contribution is 2.36. The number of aldehydes is 1. The lowest BCUT2D eigenvalue weighted by Crippen LogP contribution is -2.48. The molecular weight excluding hydrogens is 721 g/mol. The van der Waals surface area contributed by atoms with Crippen molar-refractivity contribution >= 4 is 29.5 Å². The molecule has 1 aliphatic carbocycles. The molecule has 280 valence electrons. The lowest BCUT2D eigenvalue weighted by Gasteiger charge is -2.37. The van der Waals surface area contributed by atoms with Gasteiger partial charge in [0.05, 0.1) is 47.6 Å². The molecular formula is C44H34N8O5. The van der Waals surface area contributed by atoms with E-state index in [9.17, 15) is 51.1 Å². The summed E-state index contributed by atoms with van der Waals surface area (Å²) in [5, 5.41) is 68.6. The average molecular weight is 755 g/mol. The molecule has 4 rings (SSSR count). The molecule has 0 bridgehead atoms. The van der Waals surface area contributed by atoms with E-state index in [-0.39, 0.29) is 40.0 Å². The number of carboxylic acid groups (broad SMARTS) is 1. The summed E-state index contributed by atoms with van der Waals surface area (Å²) < 4.78 is 5.19. The number of benzene rings is 2. The molecule has 1 N–H and O–H groups in total. The number of nitrogens with zero attached hydrogens (tertiary/aromatic N) is 8. The fourth-order valence-corrected chi connectivity index (χ4v) is 6.38. The van der Waals surface area contributed by atoms with Crippen molar-refractivity contribution in [3.8, 4) is 36.4 Å². The monoisotopic (exact) mass is 754 g/mol. The van der Waals surface area contributed by atoms with Crippen LogP contribution >= 0.6 is 0 Å². The van der Waals surface area contributed by atoms with Gasteiger partial charge < -0.3 is 19.6 Å². The Hall–Kier alpha value is -8.23. The molecule has 0 unspecified atom stereocenters. The van der Waals surface area contributed by atoms with E-state index in [0.29, 0.717) is 62.0 Å². The molecule has 1 aliphatic heterocycles. The summed E-state index contributed by atoms with van der Waals surface area (Å²) >= 11 is 0. The standard InChI is InChI=1S/C44H34N8O5/c1-2-57-44(56)52-21-19-51(20-22-52)42-33(5-3-7-36(23-45)40(38(25-47)26-48)31-11-9-30(29-53)10-12-31)15-16-34(42)6-4-8-37(24-46)41(39(27-49)28-50)32-13-17-35(18-14-32)43(54)55/h3-14,17-18,29,38H,2,15-16,19-22H2,1H3,(H,54,55)/b6-4+,7-3+,33-5+,37-8+,40-36+. The third kappa shape index (κ3) is 10.1. The Morgan fingerprint density at radius 2 is 1.46 bits per heavy atom. The molecule has 13 nitrogen and oxygen atoms in total. The van der Waals surface area contributed by atoms with Gasteiger partial charge in [-0.3, -0.25) is 4.79 Å². The van der Waals surface area contributed by atoms with E-state index in [1.165, 1.54) is 48.6 Å². The van der Waals surface area contributed by atoms with E-state index >= 15 is 0 Å². The number of hydrogen-bond acceptors (Lipinski definition) is 11. The number of carbonyl (C=O) groups is 3. The molecule has 2 aliphatic rings. The van der Waals surface area contributed by atoms with Gasteiger partial charge in [0.15, 0.2) is 5.92 Å². The highest BCUT2D eigenvalue weighted by Gasteiger charge is 2.28. The van der Waals surface area contributed by atoms with Crippen molar-refractivity contribution in [2.75, 3.05) is 32.8 Å². The van der Waals surface area contributed by atoms with Crippen LogP contribution in [0.2, 0.25) is 0 Å². The van der Waals surface area contributed by atoms with Gasteiger partial charge in [-0.15, -0.1) is 0 Å². The van der Waals surface area contributed by atoms with Gasteiger partial charge in [0.1, 0.15) is 24.0 Å². The van der Waals surface area contributed by atoms with E-state index < -0.39 is 18.0 Å². The number of piperazine rings is 1. The van der Waals surface area contributed by atoms with Crippen molar-refractivity contribution in [2.45, 2.75) is 19.8 Å². The number of carbonyl (C=O) groups excluding carboxylic acids is 2. The average Bonchev–Trinajstić information content (AvgIpc) is 3.65. The number of ether oxygens (including phenoxy) is 1. The molecule has 13 heteroatoms. The summed E-state index contributed by atoms with van der Waals surface area (Å²) in [4.78, 5) is 38.8. The van der Waals surface area contributed by atoms with E-state index in [2.05, 4.69) is 17.0 Å². The van der Waals surface area contributed by atoms with Crippen LogP contribution < -0.4 is 0 Å². The highest BCUT2D eigenvalue weighted by atomic mass is 16.6. The van der Waals surface area contributed by atoms with Gasteiger partial charge in [0.2, 0.25) is 0 Å². The number of rotatable bonds is 12. The Morgan fingerprint density at radius 1 is 0.825 bits per heavy atom. The normalized spacial score (nSPS) is 15.2. The lowest BCUT2D eigenvalue weighted by molar-refractivity contribution is 0.0696. The smallest absolute Gasteiger partial charge is 0.409 e. The second-order valence-electron chi connectivity index (χ2n) is 12.4. The third-order valence-electron chi connectivity index (χ3n) is 9.11. The molecule has 0 atom stereocenters. The van der Waals surface area contributed by atoms with Crippen LogP contribution in [0.15, 0.2) is 119 Å². The van der Waals surface area contributed by atoms with Crippen LogP contribution in [0, 0.1) is 73.9 Å². The quantitative estimate of drug-likeness (QED) is 0.132. The van der Waals surface area contributed by atoms with Gasteiger partial charge in [-0.05, 0) is 66.3 Å². The Bertz CT molecular complexity index is 2370. The van der Waals surface area contributed by atoms with Crippen molar-refractivity contribution < 1.29 is 24.2 Å². The highest BCUT2D eigenvalue weighted by molar-refractivity contribution is 5.92. The van der Waals surface area contributed by atoms with Crippen molar-refractivity contribution in [1.29, 1.82) is 31.6 Å². The summed E-state index contributed by atoms with van der Waals surface area (Å²) in [6.07, 6.45) is 11.4. The fourth-order valence-electron chi connectivity index (χ4n) is 6.38. The van der Waals surface area contributed by atoms with Gasteiger partial charge in [-0.2, -0.15) is 31.6 Å². The number of nitriles is 6. The van der Waals surface area contributed by atoms with E-state index in [0.717, 1.165) is 16.8 Å². The first-order valence-electron chi connectivity index (χ1n) is 17.6. The third-order valence-corrected chi connectivity index (χ3v) is 9.11. The Balaban J connectivity index is 1.79. The topological polar surface area (TPSA) is 230 Å². The van der Waals surface area contributed by atoms with Crippen LogP contribution in [0.3, 0.4) is 0 Å². The number of allylic oxidation sites excluding steroid dienone is 13. The van der Waals surface area contributed by atoms with Crippen LogP contribution in [-0.2, 0) is 4.74 Å². The minimum Gasteiger partial charge on any atom is -0.478 e. The zero-order chi connectivity index (χ0) is 41.3. The minimum atomic E-state index is -1.25. The second kappa shape index (κ2) is 20.3. The summed E-state index contributed by atoms with van der Waals surface area (Å²) in [5.74, 6) is -2.41. The number of carboxylic acids is 1. The van der Waals surface area contributed by atoms with Crippen molar-refractivity contribution in [1.82, 2.24) is 9.80 Å². The van der Waals surface area contributed by atoms with Gasteiger partial charge in [0.25, 0.3) is 0 Å². The molecule has 0 spiro atoms. The Labute approximate surface area is 330 Å². The lowest BCUT2D eigenvalue weighted by atomic mass is 9.89. The Morgan fingerprint density at radius 3 is 2.00 bits per heavy atom. The summed E-state index contributed by atoms with van der Waals surface area (Å²) in [6, 6.07) is 23.4. The first kappa shape index (κ1) is 41.5. The molecule has 1 heterocycles. The van der Waals surface area contributed by atoms with Crippen LogP contribution in [0.25, 0.3) is 11.1 Å². The summed E-state index contributed by atoms with van der Waals surface area (Å²) in [5.41, 5.74) is 3.88. The molecule has 0 aromatic heterocycles. The first-order valence-corrected chi connectivity index (χ1v) is 17.6. The van der Waals surface area contributed by atoms with E-state index in [4.69, 9.17) is 4.74 Å². The summed E-state index contributed by atoms with van der Waals surface area (Å²) in [7, 11) is 0. The van der Waals surface area contributed by atoms with Crippen LogP contribution in [0.5, 0.6) is 0 Å². The molecule has 1 amide bonds. The predicted molar refractivity (Wildman–Crippen MR) is 207 cm³/mol. The molecule has 0 saturated carbocycles. The molecule has 1 fully saturated rings. The first-order chi connectivity index (χ1) is 27.7. The number of hydrogen-bond donors (Lipinski definition) is 1. The van der Waals surface area contributed by atoms with Crippen LogP contribution in [-0.4, -0.2) is 66.0 Å². The van der Waals surface area contributed by atoms with Crippen LogP contribution in [0.4, 0.5) is 4.79 Å². The Kier molecular flexibility index (Phi) is 14.8. The van der Waals surface area contributed by atoms with Crippen molar-refractivity contribution in [3.05, 3.63) is 141 Å². The predicted octanol–water partition coefficient (Wildman–Crippen LogP) is 6.95. The maximum absolute atomic E-state index is 12.5. The van der Waals surface area contributed by atoms with Gasteiger partial charge in [-0.1, -0.05) is 60.7 Å². The van der Waals surface area contributed by atoms with Gasteiger partial charge >= 0.3 is 12.1 Å². The minimum absolute atomic E-state index is 0.00217. The SMILES string of the molecule is CCOC(=O)N1CCN(C2=C(/C=C/C=C(\C#N)C(=C(C#N)C#N)c3ccc(C(=O)O)cc3)CC\C2=C/C=C/C(C#N)=C(/c2ccc(C=O)cc2)C(C#N)C#N)CC1. The van der Waals surface area contributed by atoms with Gasteiger partial charge in [0, 0.05) is 48.6 Å². The number of aromatic carboxylic acids is 1. The van der Waals surface area contributed by atoms with Crippen molar-refractivity contribution in [3.63, 3.8) is 0 Å². The van der Waals surface area contributed by atoms with E-state index in [1.54, 1.807) is 36.1 Å². The van der Waals surface area contributed by atoms with Crippen LogP contribution in [0.1, 0.15) is 51.6 Å². The molecule has 2 aromatic carbocycles. The maximum Gasteiger partial charge on any atom is 0.409 e. The second-order valence-corrected chi connectivity index (χ2v) is 12.4.